The minimum Gasteiger partial charge on any atom is -0.487 e. The molecule has 1 rings (SSSR count). The van der Waals surface area contributed by atoms with Gasteiger partial charge in [0.25, 0.3) is 0 Å². The first-order valence-corrected chi connectivity index (χ1v) is 5.71. The Bertz CT molecular complexity index is 276. The third kappa shape index (κ3) is 4.19. The molecule has 0 aromatic heterocycles. The highest BCUT2D eigenvalue weighted by atomic mass is 19.1. The maximum atomic E-state index is 13.4. The van der Waals surface area contributed by atoms with Crippen molar-refractivity contribution in [1.29, 1.82) is 0 Å². The first kappa shape index (κ1) is 13.0. The van der Waals surface area contributed by atoms with Gasteiger partial charge in [0.1, 0.15) is 6.10 Å². The van der Waals surface area contributed by atoms with Crippen molar-refractivity contribution in [2.75, 3.05) is 13.2 Å². The summed E-state index contributed by atoms with van der Waals surface area (Å²) in [5.41, 5.74) is 0. The molecule has 90 valence electrons. The van der Waals surface area contributed by atoms with Gasteiger partial charge in [-0.15, -0.1) is 0 Å². The molecule has 1 fully saturated rings. The first-order valence-electron chi connectivity index (χ1n) is 5.71. The van der Waals surface area contributed by atoms with E-state index >= 15 is 0 Å². The highest BCUT2D eigenvalue weighted by molar-refractivity contribution is 5.22. The predicted molar refractivity (Wildman–Crippen MR) is 62.7 cm³/mol. The third-order valence-corrected chi connectivity index (χ3v) is 2.38. The van der Waals surface area contributed by atoms with Gasteiger partial charge in [-0.3, -0.25) is 0 Å². The highest BCUT2D eigenvalue weighted by Crippen LogP contribution is 2.19. The van der Waals surface area contributed by atoms with E-state index in [1.807, 2.05) is 13.0 Å². The minimum atomic E-state index is -0.406. The third-order valence-electron chi connectivity index (χ3n) is 2.38. The smallest absolute Gasteiger partial charge is 0.164 e. The summed E-state index contributed by atoms with van der Waals surface area (Å²) >= 11 is 0. The number of rotatable bonds is 5. The molecule has 2 nitrogen and oxygen atoms in total. The Hall–Kier alpha value is -1.09. The van der Waals surface area contributed by atoms with Gasteiger partial charge in [-0.05, 0) is 18.6 Å². The second-order valence-electron chi connectivity index (χ2n) is 3.66. The second-order valence-corrected chi connectivity index (χ2v) is 3.66. The molecule has 0 aromatic rings. The summed E-state index contributed by atoms with van der Waals surface area (Å²) in [5, 5.41) is 0. The molecule has 0 saturated carbocycles. The normalized spacial score (nSPS) is 19.6. The van der Waals surface area contributed by atoms with E-state index in [2.05, 4.69) is 6.58 Å². The Morgan fingerprint density at radius 1 is 1.50 bits per heavy atom. The van der Waals surface area contributed by atoms with Crippen molar-refractivity contribution in [2.45, 2.75) is 32.3 Å². The lowest BCUT2D eigenvalue weighted by Crippen LogP contribution is -2.23. The van der Waals surface area contributed by atoms with Gasteiger partial charge >= 0.3 is 0 Å². The zero-order valence-corrected chi connectivity index (χ0v) is 9.75. The maximum absolute atomic E-state index is 13.4. The summed E-state index contributed by atoms with van der Waals surface area (Å²) in [6.45, 7) is 6.78. The van der Waals surface area contributed by atoms with Crippen LogP contribution in [0.3, 0.4) is 0 Å². The van der Waals surface area contributed by atoms with Crippen LogP contribution in [-0.2, 0) is 9.47 Å². The summed E-state index contributed by atoms with van der Waals surface area (Å²) in [6.07, 6.45) is 7.25. The molecular weight excluding hydrogens is 207 g/mol. The van der Waals surface area contributed by atoms with E-state index in [-0.39, 0.29) is 11.9 Å². The highest BCUT2D eigenvalue weighted by Gasteiger charge is 2.16. The molecular formula is C13H19FO2. The molecule has 1 saturated heterocycles. The van der Waals surface area contributed by atoms with E-state index in [1.165, 1.54) is 6.08 Å². The molecule has 0 radical (unpaired) electrons. The summed E-state index contributed by atoms with van der Waals surface area (Å²) in [7, 11) is 0. The number of ether oxygens (including phenoxy) is 2. The average molecular weight is 226 g/mol. The van der Waals surface area contributed by atoms with Gasteiger partial charge in [-0.2, -0.15) is 0 Å². The van der Waals surface area contributed by atoms with E-state index in [4.69, 9.17) is 9.47 Å². The molecule has 0 spiro atoms. The van der Waals surface area contributed by atoms with Crippen LogP contribution in [0.2, 0.25) is 0 Å². The fourth-order valence-electron chi connectivity index (χ4n) is 1.47. The van der Waals surface area contributed by atoms with Crippen LogP contribution in [0.25, 0.3) is 0 Å². The molecule has 0 aromatic carbocycles. The quantitative estimate of drug-likeness (QED) is 0.527. The first-order chi connectivity index (χ1) is 7.77. The van der Waals surface area contributed by atoms with Crippen molar-refractivity contribution in [3.63, 3.8) is 0 Å². The minimum absolute atomic E-state index is 0.0518. The van der Waals surface area contributed by atoms with E-state index in [0.29, 0.717) is 13.2 Å². The number of hydrogen-bond donors (Lipinski definition) is 0. The molecule has 1 aliphatic heterocycles. The zero-order valence-electron chi connectivity index (χ0n) is 9.75. The van der Waals surface area contributed by atoms with Crippen LogP contribution in [0, 0.1) is 0 Å². The summed E-state index contributed by atoms with van der Waals surface area (Å²) in [5.74, 6) is -0.125. The maximum Gasteiger partial charge on any atom is 0.164 e. The fourth-order valence-corrected chi connectivity index (χ4v) is 1.47. The van der Waals surface area contributed by atoms with Crippen molar-refractivity contribution in [1.82, 2.24) is 0 Å². The van der Waals surface area contributed by atoms with E-state index < -0.39 is 5.83 Å². The SMILES string of the molecule is C=C/C(F)=C(\C=C/CC)OC1CCOCC1. The van der Waals surface area contributed by atoms with Crippen LogP contribution in [0.5, 0.6) is 0 Å². The Labute approximate surface area is 96.4 Å². The molecule has 0 bridgehead atoms. The summed E-state index contributed by atoms with van der Waals surface area (Å²) in [6, 6.07) is 0. The van der Waals surface area contributed by atoms with Gasteiger partial charge in [0.2, 0.25) is 0 Å². The molecule has 3 heteroatoms. The van der Waals surface area contributed by atoms with Gasteiger partial charge in [-0.1, -0.05) is 19.6 Å². The van der Waals surface area contributed by atoms with Crippen molar-refractivity contribution < 1.29 is 13.9 Å². The van der Waals surface area contributed by atoms with E-state index in [1.54, 1.807) is 6.08 Å². The van der Waals surface area contributed by atoms with Crippen LogP contribution in [-0.4, -0.2) is 19.3 Å². The van der Waals surface area contributed by atoms with E-state index in [0.717, 1.165) is 19.3 Å². The van der Waals surface area contributed by atoms with Crippen LogP contribution in [0.1, 0.15) is 26.2 Å². The lowest BCUT2D eigenvalue weighted by atomic mass is 10.1. The Morgan fingerprint density at radius 3 is 2.75 bits per heavy atom. The van der Waals surface area contributed by atoms with Crippen molar-refractivity contribution >= 4 is 0 Å². The average Bonchev–Trinajstić information content (AvgIpc) is 2.34. The van der Waals surface area contributed by atoms with Gasteiger partial charge in [-0.25, -0.2) is 4.39 Å². The fraction of sp³-hybridized carbons (Fsp3) is 0.538. The second kappa shape index (κ2) is 7.23. The molecule has 0 aliphatic carbocycles. The molecule has 1 heterocycles. The van der Waals surface area contributed by atoms with Gasteiger partial charge in [0.15, 0.2) is 11.6 Å². The van der Waals surface area contributed by atoms with Crippen LogP contribution < -0.4 is 0 Å². The van der Waals surface area contributed by atoms with Crippen LogP contribution >= 0.6 is 0 Å². The molecule has 0 atom stereocenters. The Morgan fingerprint density at radius 2 is 2.19 bits per heavy atom. The summed E-state index contributed by atoms with van der Waals surface area (Å²) in [4.78, 5) is 0. The zero-order chi connectivity index (χ0) is 11.8. The van der Waals surface area contributed by atoms with Gasteiger partial charge in [0, 0.05) is 12.8 Å². The molecule has 16 heavy (non-hydrogen) atoms. The number of halogens is 1. The molecule has 0 N–H and O–H groups in total. The predicted octanol–water partition coefficient (Wildman–Crippen LogP) is 3.52. The van der Waals surface area contributed by atoms with Crippen molar-refractivity contribution in [3.8, 4) is 0 Å². The van der Waals surface area contributed by atoms with Crippen molar-refractivity contribution in [2.24, 2.45) is 0 Å². The molecule has 1 aliphatic rings. The van der Waals surface area contributed by atoms with Crippen LogP contribution in [0.15, 0.2) is 36.4 Å². The Balaban J connectivity index is 2.62. The van der Waals surface area contributed by atoms with Gasteiger partial charge < -0.3 is 9.47 Å². The monoisotopic (exact) mass is 226 g/mol. The lowest BCUT2D eigenvalue weighted by Gasteiger charge is -2.23. The molecule has 0 unspecified atom stereocenters. The summed E-state index contributed by atoms with van der Waals surface area (Å²) < 4.78 is 24.3. The van der Waals surface area contributed by atoms with Gasteiger partial charge in [0.05, 0.1) is 13.2 Å². The topological polar surface area (TPSA) is 18.5 Å². The standard InChI is InChI=1S/C13H19FO2/c1-3-5-6-13(12(14)4-2)16-11-7-9-15-10-8-11/h4-6,11H,2-3,7-10H2,1H3/b6-5-,13-12-. The number of allylic oxidation sites excluding steroid dienone is 4. The van der Waals surface area contributed by atoms with Crippen molar-refractivity contribution in [3.05, 3.63) is 36.4 Å². The molecule has 0 amide bonds. The van der Waals surface area contributed by atoms with E-state index in [9.17, 15) is 4.39 Å². The largest absolute Gasteiger partial charge is 0.487 e. The van der Waals surface area contributed by atoms with Crippen LogP contribution in [0.4, 0.5) is 4.39 Å². The Kier molecular flexibility index (Phi) is 5.86. The number of hydrogen-bond acceptors (Lipinski definition) is 2. The lowest BCUT2D eigenvalue weighted by molar-refractivity contribution is -0.00228.